The van der Waals surface area contributed by atoms with Gasteiger partial charge in [-0.25, -0.2) is 0 Å². The number of ether oxygens (including phenoxy) is 3. The highest BCUT2D eigenvalue weighted by atomic mass is 16.6. The summed E-state index contributed by atoms with van der Waals surface area (Å²) in [4.78, 5) is 23.4. The summed E-state index contributed by atoms with van der Waals surface area (Å²) in [6.07, 6.45) is 2.21. The summed E-state index contributed by atoms with van der Waals surface area (Å²) in [7, 11) is 2.88. The smallest absolute Gasteiger partial charge is 0.312 e. The standard InChI is InChI=1S/C14H21NO5/c1-8(16)20-11-6-9-7-15-5-4-10(9)12(13(11)18-2)14(17)19-3/h6,9-10,12-13,15H,4-5,7H2,1-3H3/t9?,10?,12-,13-/m0/s1. The summed E-state index contributed by atoms with van der Waals surface area (Å²) < 4.78 is 15.6. The van der Waals surface area contributed by atoms with Crippen LogP contribution in [0.25, 0.3) is 0 Å². The van der Waals surface area contributed by atoms with Crippen molar-refractivity contribution >= 4 is 11.9 Å². The first-order chi connectivity index (χ1) is 9.58. The molecule has 0 amide bonds. The first-order valence-electron chi connectivity index (χ1n) is 6.80. The van der Waals surface area contributed by atoms with E-state index in [9.17, 15) is 9.59 Å². The van der Waals surface area contributed by atoms with Gasteiger partial charge in [-0.15, -0.1) is 0 Å². The number of hydrogen-bond donors (Lipinski definition) is 1. The molecule has 4 atom stereocenters. The van der Waals surface area contributed by atoms with Crippen molar-refractivity contribution in [2.45, 2.75) is 19.4 Å². The maximum Gasteiger partial charge on any atom is 0.312 e. The van der Waals surface area contributed by atoms with Gasteiger partial charge in [0.1, 0.15) is 11.9 Å². The summed E-state index contributed by atoms with van der Waals surface area (Å²) in [5, 5.41) is 3.29. The van der Waals surface area contributed by atoms with Crippen LogP contribution in [0.2, 0.25) is 0 Å². The minimum Gasteiger partial charge on any atom is -0.469 e. The number of fused-ring (bicyclic) bond motifs is 1. The molecule has 1 fully saturated rings. The number of carbonyl (C=O) groups excluding carboxylic acids is 2. The van der Waals surface area contributed by atoms with Crippen LogP contribution >= 0.6 is 0 Å². The number of esters is 2. The van der Waals surface area contributed by atoms with Crippen molar-refractivity contribution in [1.82, 2.24) is 5.32 Å². The fourth-order valence-corrected chi connectivity index (χ4v) is 3.19. The Balaban J connectivity index is 2.34. The molecular weight excluding hydrogens is 262 g/mol. The van der Waals surface area contributed by atoms with Crippen LogP contribution in [0.5, 0.6) is 0 Å². The van der Waals surface area contributed by atoms with E-state index in [1.54, 1.807) is 0 Å². The molecule has 2 aliphatic rings. The summed E-state index contributed by atoms with van der Waals surface area (Å²) in [6, 6.07) is 0. The molecule has 2 rings (SSSR count). The van der Waals surface area contributed by atoms with E-state index in [-0.39, 0.29) is 17.8 Å². The lowest BCUT2D eigenvalue weighted by molar-refractivity contribution is -0.159. The summed E-state index contributed by atoms with van der Waals surface area (Å²) in [6.45, 7) is 2.97. The molecule has 0 aromatic heterocycles. The highest BCUT2D eigenvalue weighted by Crippen LogP contribution is 2.40. The summed E-state index contributed by atoms with van der Waals surface area (Å²) >= 11 is 0. The minimum atomic E-state index is -0.564. The second-order valence-electron chi connectivity index (χ2n) is 5.19. The van der Waals surface area contributed by atoms with Gasteiger partial charge < -0.3 is 19.5 Å². The van der Waals surface area contributed by atoms with Crippen LogP contribution in [0.15, 0.2) is 11.8 Å². The second kappa shape index (κ2) is 6.37. The zero-order valence-corrected chi connectivity index (χ0v) is 12.0. The van der Waals surface area contributed by atoms with E-state index in [0.29, 0.717) is 5.76 Å². The summed E-state index contributed by atoms with van der Waals surface area (Å²) in [5.74, 6) is -0.450. The average Bonchev–Trinajstić information content (AvgIpc) is 2.44. The lowest BCUT2D eigenvalue weighted by Gasteiger charge is -2.42. The zero-order valence-electron chi connectivity index (χ0n) is 12.0. The van der Waals surface area contributed by atoms with E-state index in [2.05, 4.69) is 5.32 Å². The third-order valence-corrected chi connectivity index (χ3v) is 4.02. The van der Waals surface area contributed by atoms with Crippen molar-refractivity contribution in [2.75, 3.05) is 27.3 Å². The van der Waals surface area contributed by atoms with Crippen molar-refractivity contribution < 1.29 is 23.8 Å². The molecule has 0 spiro atoms. The molecule has 0 radical (unpaired) electrons. The van der Waals surface area contributed by atoms with Gasteiger partial charge in [0.05, 0.1) is 13.0 Å². The normalized spacial score (nSPS) is 32.9. The first-order valence-corrected chi connectivity index (χ1v) is 6.80. The molecule has 6 heteroatoms. The lowest BCUT2D eigenvalue weighted by atomic mass is 9.70. The Morgan fingerprint density at radius 1 is 1.35 bits per heavy atom. The van der Waals surface area contributed by atoms with E-state index in [0.717, 1.165) is 19.5 Å². The molecular formula is C14H21NO5. The molecule has 2 unspecified atom stereocenters. The Hall–Kier alpha value is -1.40. The number of methoxy groups -OCH3 is 2. The van der Waals surface area contributed by atoms with Crippen molar-refractivity contribution in [3.63, 3.8) is 0 Å². The zero-order chi connectivity index (χ0) is 14.7. The van der Waals surface area contributed by atoms with Gasteiger partial charge in [-0.3, -0.25) is 9.59 Å². The highest BCUT2D eigenvalue weighted by molar-refractivity contribution is 5.75. The predicted molar refractivity (Wildman–Crippen MR) is 70.6 cm³/mol. The van der Waals surface area contributed by atoms with Crippen molar-refractivity contribution in [3.8, 4) is 0 Å². The molecule has 0 bridgehead atoms. The quantitative estimate of drug-likeness (QED) is 0.759. The Bertz CT molecular complexity index is 420. The minimum absolute atomic E-state index is 0.146. The third kappa shape index (κ3) is 2.86. The molecule has 1 aliphatic carbocycles. The Morgan fingerprint density at radius 2 is 2.10 bits per heavy atom. The van der Waals surface area contributed by atoms with Crippen LogP contribution < -0.4 is 5.32 Å². The third-order valence-electron chi connectivity index (χ3n) is 4.02. The molecule has 0 saturated carbocycles. The monoisotopic (exact) mass is 283 g/mol. The van der Waals surface area contributed by atoms with Crippen LogP contribution in [-0.2, 0) is 23.8 Å². The fourth-order valence-electron chi connectivity index (χ4n) is 3.19. The first kappa shape index (κ1) is 15.0. The van der Waals surface area contributed by atoms with Gasteiger partial charge in [-0.1, -0.05) is 0 Å². The van der Waals surface area contributed by atoms with E-state index in [4.69, 9.17) is 14.2 Å². The van der Waals surface area contributed by atoms with E-state index in [1.807, 2.05) is 6.08 Å². The average molecular weight is 283 g/mol. The molecule has 1 heterocycles. The molecule has 0 aromatic rings. The molecule has 112 valence electrons. The van der Waals surface area contributed by atoms with Crippen LogP contribution in [-0.4, -0.2) is 45.4 Å². The van der Waals surface area contributed by atoms with E-state index >= 15 is 0 Å². The van der Waals surface area contributed by atoms with Crippen LogP contribution in [0, 0.1) is 17.8 Å². The fraction of sp³-hybridized carbons (Fsp3) is 0.714. The van der Waals surface area contributed by atoms with Gasteiger partial charge in [-0.2, -0.15) is 0 Å². The predicted octanol–water partition coefficient (Wildman–Crippen LogP) is 0.477. The van der Waals surface area contributed by atoms with Crippen molar-refractivity contribution in [1.29, 1.82) is 0 Å². The largest absolute Gasteiger partial charge is 0.469 e. The Labute approximate surface area is 118 Å². The maximum atomic E-state index is 12.1. The SMILES string of the molecule is COC(=O)[C@H]1C2CCNCC2C=C(OC(C)=O)[C@@H]1OC. The van der Waals surface area contributed by atoms with Crippen molar-refractivity contribution in [2.24, 2.45) is 17.8 Å². The van der Waals surface area contributed by atoms with E-state index < -0.39 is 18.0 Å². The van der Waals surface area contributed by atoms with Crippen LogP contribution in [0.4, 0.5) is 0 Å². The van der Waals surface area contributed by atoms with Gasteiger partial charge >= 0.3 is 11.9 Å². The maximum absolute atomic E-state index is 12.1. The Morgan fingerprint density at radius 3 is 2.70 bits per heavy atom. The van der Waals surface area contributed by atoms with Gasteiger partial charge in [0.25, 0.3) is 0 Å². The Kier molecular flexibility index (Phi) is 4.77. The van der Waals surface area contributed by atoms with Crippen LogP contribution in [0.1, 0.15) is 13.3 Å². The van der Waals surface area contributed by atoms with Crippen molar-refractivity contribution in [3.05, 3.63) is 11.8 Å². The van der Waals surface area contributed by atoms with Gasteiger partial charge in [0.2, 0.25) is 0 Å². The number of carbonyl (C=O) groups is 2. The number of rotatable bonds is 3. The molecule has 1 N–H and O–H groups in total. The topological polar surface area (TPSA) is 73.9 Å². The molecule has 20 heavy (non-hydrogen) atoms. The van der Waals surface area contributed by atoms with Gasteiger partial charge in [-0.05, 0) is 30.9 Å². The number of piperidine rings is 1. The second-order valence-corrected chi connectivity index (χ2v) is 5.19. The highest BCUT2D eigenvalue weighted by Gasteiger charge is 2.47. The molecule has 0 aromatic carbocycles. The van der Waals surface area contributed by atoms with E-state index in [1.165, 1.54) is 21.1 Å². The van der Waals surface area contributed by atoms with Gasteiger partial charge in [0, 0.05) is 20.6 Å². The number of hydrogen-bond acceptors (Lipinski definition) is 6. The van der Waals surface area contributed by atoms with Crippen LogP contribution in [0.3, 0.4) is 0 Å². The van der Waals surface area contributed by atoms with Gasteiger partial charge in [0.15, 0.2) is 0 Å². The molecule has 6 nitrogen and oxygen atoms in total. The lowest BCUT2D eigenvalue weighted by Crippen LogP contribution is -2.50. The molecule has 1 aliphatic heterocycles. The number of nitrogens with one attached hydrogen (secondary N) is 1. The summed E-state index contributed by atoms with van der Waals surface area (Å²) in [5.41, 5.74) is 0. The molecule has 1 saturated heterocycles.